The van der Waals surface area contributed by atoms with Crippen LogP contribution in [0.2, 0.25) is 0 Å². The van der Waals surface area contributed by atoms with E-state index in [4.69, 9.17) is 4.42 Å². The Morgan fingerprint density at radius 3 is 2.60 bits per heavy atom. The minimum Gasteiger partial charge on any atom is -0.463 e. The Morgan fingerprint density at radius 1 is 1.13 bits per heavy atom. The molecule has 0 fully saturated rings. The number of furan rings is 1. The van der Waals surface area contributed by atoms with Crippen LogP contribution in [-0.4, -0.2) is 5.71 Å². The predicted octanol–water partition coefficient (Wildman–Crippen LogP) is 3.29. The lowest BCUT2D eigenvalue weighted by atomic mass is 10.2. The maximum absolute atomic E-state index is 5.25. The SMILES string of the molecule is CC(=NCc1ccccc1)c1ccco1. The molecule has 0 aliphatic carbocycles. The van der Waals surface area contributed by atoms with Crippen LogP contribution < -0.4 is 0 Å². The van der Waals surface area contributed by atoms with E-state index in [1.54, 1.807) is 6.26 Å². The van der Waals surface area contributed by atoms with Crippen molar-refractivity contribution in [3.63, 3.8) is 0 Å². The van der Waals surface area contributed by atoms with E-state index in [1.807, 2.05) is 37.3 Å². The first-order chi connectivity index (χ1) is 7.36. The lowest BCUT2D eigenvalue weighted by Crippen LogP contribution is -1.93. The predicted molar refractivity (Wildman–Crippen MR) is 61.1 cm³/mol. The normalized spacial score (nSPS) is 11.7. The Morgan fingerprint density at radius 2 is 1.93 bits per heavy atom. The Labute approximate surface area is 89.3 Å². The lowest BCUT2D eigenvalue weighted by molar-refractivity contribution is 0.557. The molecule has 0 bridgehead atoms. The van der Waals surface area contributed by atoms with Gasteiger partial charge in [0, 0.05) is 0 Å². The van der Waals surface area contributed by atoms with Gasteiger partial charge in [-0.25, -0.2) is 0 Å². The topological polar surface area (TPSA) is 25.5 Å². The second kappa shape index (κ2) is 4.60. The molecule has 15 heavy (non-hydrogen) atoms. The Kier molecular flexibility index (Phi) is 2.98. The van der Waals surface area contributed by atoms with Crippen molar-refractivity contribution < 1.29 is 4.42 Å². The highest BCUT2D eigenvalue weighted by Gasteiger charge is 1.98. The molecular formula is C13H13NO. The third kappa shape index (κ3) is 2.56. The van der Waals surface area contributed by atoms with Crippen LogP contribution in [0.15, 0.2) is 58.1 Å². The van der Waals surface area contributed by atoms with Crippen LogP contribution in [0.5, 0.6) is 0 Å². The molecule has 0 unspecified atom stereocenters. The zero-order valence-electron chi connectivity index (χ0n) is 8.68. The number of benzene rings is 1. The summed E-state index contributed by atoms with van der Waals surface area (Å²) < 4.78 is 5.25. The van der Waals surface area contributed by atoms with Crippen molar-refractivity contribution in [1.29, 1.82) is 0 Å². The van der Waals surface area contributed by atoms with Crippen molar-refractivity contribution in [3.05, 3.63) is 60.1 Å². The van der Waals surface area contributed by atoms with E-state index in [9.17, 15) is 0 Å². The van der Waals surface area contributed by atoms with Crippen molar-refractivity contribution in [1.82, 2.24) is 0 Å². The summed E-state index contributed by atoms with van der Waals surface area (Å²) in [5.74, 6) is 0.839. The average Bonchev–Trinajstić information content (AvgIpc) is 2.81. The number of hydrogen-bond acceptors (Lipinski definition) is 2. The summed E-state index contributed by atoms with van der Waals surface area (Å²) in [7, 11) is 0. The summed E-state index contributed by atoms with van der Waals surface area (Å²) in [6, 6.07) is 14.0. The number of hydrogen-bond donors (Lipinski definition) is 0. The second-order valence-corrected chi connectivity index (χ2v) is 3.36. The van der Waals surface area contributed by atoms with Gasteiger partial charge in [0.1, 0.15) is 5.76 Å². The molecule has 1 heterocycles. The molecule has 0 saturated carbocycles. The first kappa shape index (κ1) is 9.71. The zero-order valence-corrected chi connectivity index (χ0v) is 8.68. The van der Waals surface area contributed by atoms with Crippen LogP contribution >= 0.6 is 0 Å². The van der Waals surface area contributed by atoms with Gasteiger partial charge in [0.25, 0.3) is 0 Å². The molecule has 2 nitrogen and oxygen atoms in total. The second-order valence-electron chi connectivity index (χ2n) is 3.36. The smallest absolute Gasteiger partial charge is 0.147 e. The Hall–Kier alpha value is -1.83. The molecule has 2 rings (SSSR count). The first-order valence-corrected chi connectivity index (χ1v) is 4.95. The summed E-state index contributed by atoms with van der Waals surface area (Å²) in [6.07, 6.45) is 1.66. The third-order valence-electron chi connectivity index (χ3n) is 2.22. The lowest BCUT2D eigenvalue weighted by Gasteiger charge is -1.97. The van der Waals surface area contributed by atoms with Crippen molar-refractivity contribution in [2.75, 3.05) is 0 Å². The maximum atomic E-state index is 5.25. The minimum atomic E-state index is 0.702. The standard InChI is InChI=1S/C13H13NO/c1-11(13-8-5-9-15-13)14-10-12-6-3-2-4-7-12/h2-9H,10H2,1H3. The first-order valence-electron chi connectivity index (χ1n) is 4.95. The fraction of sp³-hybridized carbons (Fsp3) is 0.154. The molecule has 76 valence electrons. The van der Waals surface area contributed by atoms with Crippen molar-refractivity contribution in [2.24, 2.45) is 4.99 Å². The number of nitrogens with zero attached hydrogens (tertiary/aromatic N) is 1. The zero-order chi connectivity index (χ0) is 10.5. The van der Waals surface area contributed by atoms with E-state index in [0.717, 1.165) is 11.5 Å². The van der Waals surface area contributed by atoms with E-state index in [1.165, 1.54) is 5.56 Å². The van der Waals surface area contributed by atoms with Gasteiger partial charge in [-0.1, -0.05) is 30.3 Å². The van der Waals surface area contributed by atoms with Gasteiger partial charge in [0.15, 0.2) is 0 Å². The highest BCUT2D eigenvalue weighted by molar-refractivity contribution is 5.96. The molecule has 2 aromatic rings. The number of rotatable bonds is 3. The molecular weight excluding hydrogens is 186 g/mol. The van der Waals surface area contributed by atoms with Gasteiger partial charge in [-0.3, -0.25) is 4.99 Å². The van der Waals surface area contributed by atoms with Crippen LogP contribution in [0.1, 0.15) is 18.2 Å². The Balaban J connectivity index is 2.06. The van der Waals surface area contributed by atoms with Gasteiger partial charge in [-0.05, 0) is 24.6 Å². The quantitative estimate of drug-likeness (QED) is 0.696. The number of aliphatic imine (C=N–C) groups is 1. The molecule has 0 aliphatic heterocycles. The summed E-state index contributed by atoms with van der Waals surface area (Å²) in [5, 5.41) is 0. The van der Waals surface area contributed by atoms with Crippen LogP contribution in [0.3, 0.4) is 0 Å². The van der Waals surface area contributed by atoms with E-state index in [2.05, 4.69) is 17.1 Å². The highest BCUT2D eigenvalue weighted by Crippen LogP contribution is 2.05. The van der Waals surface area contributed by atoms with E-state index < -0.39 is 0 Å². The third-order valence-corrected chi connectivity index (χ3v) is 2.22. The van der Waals surface area contributed by atoms with Crippen LogP contribution in [0.25, 0.3) is 0 Å². The monoisotopic (exact) mass is 199 g/mol. The van der Waals surface area contributed by atoms with Gasteiger partial charge in [0.2, 0.25) is 0 Å². The Bertz CT molecular complexity index is 429. The fourth-order valence-corrected chi connectivity index (χ4v) is 1.36. The van der Waals surface area contributed by atoms with Gasteiger partial charge in [0.05, 0.1) is 18.5 Å². The molecule has 1 aromatic heterocycles. The molecule has 1 aromatic carbocycles. The molecule has 0 aliphatic rings. The average molecular weight is 199 g/mol. The van der Waals surface area contributed by atoms with Crippen LogP contribution in [0.4, 0.5) is 0 Å². The fourth-order valence-electron chi connectivity index (χ4n) is 1.36. The van der Waals surface area contributed by atoms with Crippen molar-refractivity contribution in [3.8, 4) is 0 Å². The molecule has 0 radical (unpaired) electrons. The van der Waals surface area contributed by atoms with Gasteiger partial charge in [-0.2, -0.15) is 0 Å². The molecule has 2 heteroatoms. The van der Waals surface area contributed by atoms with Crippen molar-refractivity contribution in [2.45, 2.75) is 13.5 Å². The van der Waals surface area contributed by atoms with Gasteiger partial charge in [-0.15, -0.1) is 0 Å². The van der Waals surface area contributed by atoms with Crippen molar-refractivity contribution >= 4 is 5.71 Å². The van der Waals surface area contributed by atoms with Gasteiger partial charge < -0.3 is 4.42 Å². The molecule has 0 N–H and O–H groups in total. The van der Waals surface area contributed by atoms with E-state index >= 15 is 0 Å². The largest absolute Gasteiger partial charge is 0.463 e. The molecule has 0 atom stereocenters. The summed E-state index contributed by atoms with van der Waals surface area (Å²) in [4.78, 5) is 4.46. The summed E-state index contributed by atoms with van der Waals surface area (Å²) in [5.41, 5.74) is 2.15. The summed E-state index contributed by atoms with van der Waals surface area (Å²) in [6.45, 7) is 2.66. The minimum absolute atomic E-state index is 0.702. The molecule has 0 saturated heterocycles. The van der Waals surface area contributed by atoms with E-state index in [-0.39, 0.29) is 0 Å². The van der Waals surface area contributed by atoms with Crippen LogP contribution in [0, 0.1) is 0 Å². The van der Waals surface area contributed by atoms with E-state index in [0.29, 0.717) is 6.54 Å². The molecule has 0 spiro atoms. The summed E-state index contributed by atoms with van der Waals surface area (Å²) >= 11 is 0. The maximum Gasteiger partial charge on any atom is 0.147 e. The van der Waals surface area contributed by atoms with Gasteiger partial charge >= 0.3 is 0 Å². The van der Waals surface area contributed by atoms with Crippen LogP contribution in [-0.2, 0) is 6.54 Å². The molecule has 0 amide bonds. The highest BCUT2D eigenvalue weighted by atomic mass is 16.3.